The molecule has 0 aliphatic rings. The van der Waals surface area contributed by atoms with E-state index >= 15 is 0 Å². The Labute approximate surface area is 123 Å². The number of thiophene rings is 1. The summed E-state index contributed by atoms with van der Waals surface area (Å²) in [5.74, 6) is -1.57. The molecule has 2 aromatic heterocycles. The first-order valence-electron chi connectivity index (χ1n) is 5.92. The third-order valence-corrected chi connectivity index (χ3v) is 3.51. The number of aliphatic hydroxyl groups is 1. The maximum Gasteiger partial charge on any atom is 0.306 e. The van der Waals surface area contributed by atoms with E-state index in [1.165, 1.54) is 29.3 Å². The predicted octanol–water partition coefficient (Wildman–Crippen LogP) is -0.321. The van der Waals surface area contributed by atoms with Crippen LogP contribution in [-0.2, 0) is 4.79 Å². The second-order valence-corrected chi connectivity index (χ2v) is 5.56. The zero-order chi connectivity index (χ0) is 15.5. The molecule has 0 bridgehead atoms. The third-order valence-electron chi connectivity index (χ3n) is 2.61. The van der Waals surface area contributed by atoms with Crippen LogP contribution < -0.4 is 5.32 Å². The fraction of sp³-hybridized carbons (Fsp3) is 0.364. The Hall–Kier alpha value is -2.33. The second kappa shape index (κ2) is 5.97. The molecule has 0 saturated carbocycles. The molecule has 0 fully saturated rings. The van der Waals surface area contributed by atoms with Gasteiger partial charge in [-0.15, -0.1) is 16.4 Å². The molecule has 2 heterocycles. The fourth-order valence-electron chi connectivity index (χ4n) is 1.66. The van der Waals surface area contributed by atoms with Gasteiger partial charge in [-0.1, -0.05) is 0 Å². The molecule has 3 N–H and O–H groups in total. The lowest BCUT2D eigenvalue weighted by Gasteiger charge is -2.21. The number of tetrazole rings is 1. The van der Waals surface area contributed by atoms with Crippen LogP contribution >= 0.6 is 11.3 Å². The van der Waals surface area contributed by atoms with Gasteiger partial charge in [-0.05, 0) is 28.8 Å². The smallest absolute Gasteiger partial charge is 0.306 e. The third kappa shape index (κ3) is 3.83. The van der Waals surface area contributed by atoms with Gasteiger partial charge in [0.15, 0.2) is 0 Å². The lowest BCUT2D eigenvalue weighted by Crippen LogP contribution is -2.42. The highest BCUT2D eigenvalue weighted by molar-refractivity contribution is 7.12. The van der Waals surface area contributed by atoms with Gasteiger partial charge in [0.2, 0.25) is 0 Å². The highest BCUT2D eigenvalue weighted by Crippen LogP contribution is 2.20. The highest BCUT2D eigenvalue weighted by atomic mass is 32.1. The molecule has 0 aromatic carbocycles. The van der Waals surface area contributed by atoms with E-state index in [2.05, 4.69) is 20.8 Å². The van der Waals surface area contributed by atoms with E-state index in [0.29, 0.717) is 10.6 Å². The molecule has 10 heteroatoms. The number of carbonyl (C=O) groups is 2. The number of amides is 1. The van der Waals surface area contributed by atoms with Crippen LogP contribution in [0, 0.1) is 0 Å². The standard InChI is InChI=1S/C11H13N5O4S/c1-11(20,4-8(17)18)5-12-10(19)9-7(2-3-21-9)16-6-13-14-15-16/h2-3,6,20H,4-5H2,1H3,(H,12,19)(H,17,18). The van der Waals surface area contributed by atoms with Crippen molar-refractivity contribution >= 4 is 23.2 Å². The lowest BCUT2D eigenvalue weighted by molar-refractivity contribution is -0.141. The number of carbonyl (C=O) groups excluding carboxylic acids is 1. The predicted molar refractivity (Wildman–Crippen MR) is 72.2 cm³/mol. The number of nitrogens with one attached hydrogen (secondary N) is 1. The van der Waals surface area contributed by atoms with E-state index in [4.69, 9.17) is 5.11 Å². The molecule has 1 atom stereocenters. The van der Waals surface area contributed by atoms with Gasteiger partial charge in [0.25, 0.3) is 5.91 Å². The van der Waals surface area contributed by atoms with Gasteiger partial charge in [-0.3, -0.25) is 9.59 Å². The van der Waals surface area contributed by atoms with Crippen LogP contribution in [-0.4, -0.2) is 54.4 Å². The Kier molecular flexibility index (Phi) is 4.29. The number of rotatable bonds is 6. The Balaban J connectivity index is 2.05. The van der Waals surface area contributed by atoms with Gasteiger partial charge in [-0.25, -0.2) is 0 Å². The van der Waals surface area contributed by atoms with Crippen molar-refractivity contribution < 1.29 is 19.8 Å². The second-order valence-electron chi connectivity index (χ2n) is 4.64. The summed E-state index contributed by atoms with van der Waals surface area (Å²) in [5.41, 5.74) is -1.01. The number of carboxylic acid groups (broad SMARTS) is 1. The highest BCUT2D eigenvalue weighted by Gasteiger charge is 2.26. The number of carboxylic acids is 1. The SMILES string of the molecule is CC(O)(CNC(=O)c1sccc1-n1cnnn1)CC(=O)O. The van der Waals surface area contributed by atoms with Crippen LogP contribution in [0.4, 0.5) is 0 Å². The van der Waals surface area contributed by atoms with Crippen molar-refractivity contribution in [3.8, 4) is 5.69 Å². The summed E-state index contributed by atoms with van der Waals surface area (Å²) in [6.45, 7) is 1.17. The monoisotopic (exact) mass is 311 g/mol. The van der Waals surface area contributed by atoms with E-state index in [-0.39, 0.29) is 6.54 Å². The summed E-state index contributed by atoms with van der Waals surface area (Å²) < 4.78 is 1.35. The molecule has 2 aromatic rings. The molecule has 0 saturated heterocycles. The molecule has 0 aliphatic heterocycles. The first kappa shape index (κ1) is 15.1. The van der Waals surface area contributed by atoms with Gasteiger partial charge in [0.1, 0.15) is 11.2 Å². The topological polar surface area (TPSA) is 130 Å². The van der Waals surface area contributed by atoms with Gasteiger partial charge >= 0.3 is 5.97 Å². The largest absolute Gasteiger partial charge is 0.481 e. The number of hydrogen-bond acceptors (Lipinski definition) is 7. The van der Waals surface area contributed by atoms with Gasteiger partial charge in [0.05, 0.1) is 17.7 Å². The first-order chi connectivity index (χ1) is 9.89. The van der Waals surface area contributed by atoms with Crippen LogP contribution in [0.5, 0.6) is 0 Å². The van der Waals surface area contributed by atoms with Crippen molar-refractivity contribution in [3.63, 3.8) is 0 Å². The molecule has 21 heavy (non-hydrogen) atoms. The molecule has 1 amide bonds. The molecular weight excluding hydrogens is 298 g/mol. The minimum atomic E-state index is -1.52. The summed E-state index contributed by atoms with van der Waals surface area (Å²) in [6, 6.07) is 1.69. The number of aliphatic carboxylic acids is 1. The number of nitrogens with zero attached hydrogens (tertiary/aromatic N) is 4. The Morgan fingerprint density at radius 3 is 2.90 bits per heavy atom. The lowest BCUT2D eigenvalue weighted by atomic mass is 10.0. The average Bonchev–Trinajstić information content (AvgIpc) is 3.04. The summed E-state index contributed by atoms with van der Waals surface area (Å²) in [4.78, 5) is 23.1. The molecule has 1 unspecified atom stereocenters. The zero-order valence-electron chi connectivity index (χ0n) is 11.1. The molecule has 0 radical (unpaired) electrons. The Morgan fingerprint density at radius 2 is 2.29 bits per heavy atom. The van der Waals surface area contributed by atoms with E-state index in [1.54, 1.807) is 11.4 Å². The molecular formula is C11H13N5O4S. The zero-order valence-corrected chi connectivity index (χ0v) is 11.9. The number of aromatic nitrogens is 4. The summed E-state index contributed by atoms with van der Waals surface area (Å²) >= 11 is 1.19. The Bertz CT molecular complexity index is 637. The van der Waals surface area contributed by atoms with Crippen LogP contribution in [0.2, 0.25) is 0 Å². The van der Waals surface area contributed by atoms with Gasteiger partial charge in [0, 0.05) is 6.54 Å². The maximum atomic E-state index is 12.1. The van der Waals surface area contributed by atoms with Crippen LogP contribution in [0.25, 0.3) is 5.69 Å². The quantitative estimate of drug-likeness (QED) is 0.666. The fourth-order valence-corrected chi connectivity index (χ4v) is 2.46. The van der Waals surface area contributed by atoms with E-state index in [0.717, 1.165) is 0 Å². The van der Waals surface area contributed by atoms with E-state index in [1.807, 2.05) is 0 Å². The summed E-state index contributed by atoms with van der Waals surface area (Å²) in [7, 11) is 0. The van der Waals surface area contributed by atoms with Crippen molar-refractivity contribution in [2.24, 2.45) is 0 Å². The van der Waals surface area contributed by atoms with Crippen molar-refractivity contribution in [3.05, 3.63) is 22.7 Å². The van der Waals surface area contributed by atoms with Crippen molar-refractivity contribution in [2.45, 2.75) is 18.9 Å². The van der Waals surface area contributed by atoms with E-state index in [9.17, 15) is 14.7 Å². The van der Waals surface area contributed by atoms with Crippen LogP contribution in [0.1, 0.15) is 23.0 Å². The first-order valence-corrected chi connectivity index (χ1v) is 6.80. The Morgan fingerprint density at radius 1 is 1.52 bits per heavy atom. The van der Waals surface area contributed by atoms with Gasteiger partial charge < -0.3 is 15.5 Å². The molecule has 2 rings (SSSR count). The molecule has 0 spiro atoms. The average molecular weight is 311 g/mol. The van der Waals surface area contributed by atoms with Crippen LogP contribution in [0.15, 0.2) is 17.8 Å². The summed E-state index contributed by atoms with van der Waals surface area (Å²) in [6.07, 6.45) is 0.900. The minimum absolute atomic E-state index is 0.176. The van der Waals surface area contributed by atoms with Gasteiger partial charge in [-0.2, -0.15) is 4.68 Å². The summed E-state index contributed by atoms with van der Waals surface area (Å²) in [5, 5.41) is 33.4. The molecule has 0 aliphatic carbocycles. The molecule has 9 nitrogen and oxygen atoms in total. The van der Waals surface area contributed by atoms with Crippen LogP contribution in [0.3, 0.4) is 0 Å². The van der Waals surface area contributed by atoms with E-state index < -0.39 is 23.9 Å². The molecule has 112 valence electrons. The van der Waals surface area contributed by atoms with Crippen molar-refractivity contribution in [2.75, 3.05) is 6.54 Å². The normalized spacial score (nSPS) is 13.6. The number of hydrogen-bond donors (Lipinski definition) is 3. The maximum absolute atomic E-state index is 12.1. The van der Waals surface area contributed by atoms with Crippen molar-refractivity contribution in [1.29, 1.82) is 0 Å². The van der Waals surface area contributed by atoms with Crippen molar-refractivity contribution in [1.82, 2.24) is 25.5 Å². The minimum Gasteiger partial charge on any atom is -0.481 e.